The lowest BCUT2D eigenvalue weighted by molar-refractivity contribution is 0.452. The van der Waals surface area contributed by atoms with Crippen molar-refractivity contribution in [1.29, 1.82) is 5.26 Å². The van der Waals surface area contributed by atoms with Gasteiger partial charge in [-0.05, 0) is 49.9 Å². The molecule has 5 atom stereocenters. The second-order valence-corrected chi connectivity index (χ2v) is 5.03. The van der Waals surface area contributed by atoms with E-state index in [1.54, 1.807) is 0 Å². The predicted molar refractivity (Wildman–Crippen MR) is 49.8 cm³/mol. The maximum Gasteiger partial charge on any atom is 0.0926 e. The molecular weight excluding hydrogens is 160 g/mol. The Hall–Kier alpha value is -0.550. The molecule has 0 saturated heterocycles. The standard InChI is InChI=1S/C11H16N2/c1-6(5-12)13-11-9-7-2-3-8(4-7)10(9)11/h6-11,13H,2-4H2,1H3. The van der Waals surface area contributed by atoms with Gasteiger partial charge in [0, 0.05) is 6.04 Å². The first-order chi connectivity index (χ1) is 6.31. The van der Waals surface area contributed by atoms with E-state index in [0.29, 0.717) is 6.04 Å². The minimum Gasteiger partial charge on any atom is -0.299 e. The summed E-state index contributed by atoms with van der Waals surface area (Å²) in [5.41, 5.74) is 0. The molecule has 3 aliphatic rings. The summed E-state index contributed by atoms with van der Waals surface area (Å²) in [4.78, 5) is 0. The molecule has 1 N–H and O–H groups in total. The molecule has 0 heterocycles. The Morgan fingerprint density at radius 1 is 1.31 bits per heavy atom. The fourth-order valence-electron chi connectivity index (χ4n) is 3.87. The van der Waals surface area contributed by atoms with Crippen molar-refractivity contribution in [2.45, 2.75) is 38.3 Å². The van der Waals surface area contributed by atoms with E-state index in [1.165, 1.54) is 19.3 Å². The first-order valence-corrected chi connectivity index (χ1v) is 5.47. The van der Waals surface area contributed by atoms with E-state index in [9.17, 15) is 0 Å². The van der Waals surface area contributed by atoms with Crippen LogP contribution in [-0.2, 0) is 0 Å². The third-order valence-corrected chi connectivity index (χ3v) is 4.37. The Morgan fingerprint density at radius 2 is 1.92 bits per heavy atom. The fraction of sp³-hybridized carbons (Fsp3) is 0.909. The van der Waals surface area contributed by atoms with Crippen LogP contribution >= 0.6 is 0 Å². The molecule has 3 fully saturated rings. The van der Waals surface area contributed by atoms with Crippen molar-refractivity contribution in [2.24, 2.45) is 23.7 Å². The molecule has 2 bridgehead atoms. The molecule has 0 amide bonds. The van der Waals surface area contributed by atoms with E-state index in [1.807, 2.05) is 6.92 Å². The highest BCUT2D eigenvalue weighted by Gasteiger charge is 2.64. The van der Waals surface area contributed by atoms with Crippen LogP contribution in [0.5, 0.6) is 0 Å². The zero-order valence-electron chi connectivity index (χ0n) is 8.03. The summed E-state index contributed by atoms with van der Waals surface area (Å²) in [5.74, 6) is 3.93. The van der Waals surface area contributed by atoms with Gasteiger partial charge in [0.15, 0.2) is 0 Å². The topological polar surface area (TPSA) is 35.8 Å². The summed E-state index contributed by atoms with van der Waals surface area (Å²) in [6.07, 6.45) is 4.42. The molecule has 2 heteroatoms. The van der Waals surface area contributed by atoms with Gasteiger partial charge in [-0.1, -0.05) is 0 Å². The third-order valence-electron chi connectivity index (χ3n) is 4.37. The van der Waals surface area contributed by atoms with Gasteiger partial charge in [-0.3, -0.25) is 5.32 Å². The van der Waals surface area contributed by atoms with Gasteiger partial charge in [0.1, 0.15) is 0 Å². The molecule has 3 saturated carbocycles. The highest BCUT2D eigenvalue weighted by Crippen LogP contribution is 2.65. The summed E-state index contributed by atoms with van der Waals surface area (Å²) < 4.78 is 0. The van der Waals surface area contributed by atoms with Crippen LogP contribution in [0.3, 0.4) is 0 Å². The summed E-state index contributed by atoms with van der Waals surface area (Å²) >= 11 is 0. The molecule has 5 unspecified atom stereocenters. The minimum atomic E-state index is 0.0509. The van der Waals surface area contributed by atoms with E-state index < -0.39 is 0 Å². The monoisotopic (exact) mass is 176 g/mol. The van der Waals surface area contributed by atoms with Crippen LogP contribution in [0.1, 0.15) is 26.2 Å². The molecule has 3 aliphatic carbocycles. The Kier molecular flexibility index (Phi) is 1.49. The molecule has 2 nitrogen and oxygen atoms in total. The van der Waals surface area contributed by atoms with Gasteiger partial charge >= 0.3 is 0 Å². The van der Waals surface area contributed by atoms with Crippen LogP contribution in [0, 0.1) is 35.0 Å². The van der Waals surface area contributed by atoms with Gasteiger partial charge in [0.25, 0.3) is 0 Å². The summed E-state index contributed by atoms with van der Waals surface area (Å²) in [6, 6.07) is 3.02. The van der Waals surface area contributed by atoms with Crippen molar-refractivity contribution in [2.75, 3.05) is 0 Å². The SMILES string of the molecule is CC(C#N)NC1C2C3CCC(C3)C12. The molecule has 0 spiro atoms. The molecule has 0 aromatic rings. The highest BCUT2D eigenvalue weighted by atomic mass is 15.0. The summed E-state index contributed by atoms with van der Waals surface area (Å²) in [7, 11) is 0. The van der Waals surface area contributed by atoms with Crippen LogP contribution in [-0.4, -0.2) is 12.1 Å². The third kappa shape index (κ3) is 0.971. The van der Waals surface area contributed by atoms with Crippen LogP contribution in [0.15, 0.2) is 0 Å². The van der Waals surface area contributed by atoms with Gasteiger partial charge in [-0.2, -0.15) is 5.26 Å². The lowest BCUT2D eigenvalue weighted by Crippen LogP contribution is -2.30. The van der Waals surface area contributed by atoms with E-state index in [-0.39, 0.29) is 6.04 Å². The van der Waals surface area contributed by atoms with Crippen molar-refractivity contribution in [3.8, 4) is 6.07 Å². The van der Waals surface area contributed by atoms with Crippen LogP contribution in [0.2, 0.25) is 0 Å². The first-order valence-electron chi connectivity index (χ1n) is 5.47. The van der Waals surface area contributed by atoms with E-state index in [2.05, 4.69) is 11.4 Å². The normalized spacial score (nSPS) is 52.8. The Balaban J connectivity index is 1.64. The zero-order chi connectivity index (χ0) is 9.00. The first kappa shape index (κ1) is 7.82. The maximum atomic E-state index is 8.71. The Labute approximate surface area is 79.3 Å². The number of fused-ring (bicyclic) bond motifs is 5. The number of nitriles is 1. The molecule has 0 aliphatic heterocycles. The van der Waals surface area contributed by atoms with Crippen LogP contribution in [0.4, 0.5) is 0 Å². The highest BCUT2D eigenvalue weighted by molar-refractivity contribution is 5.17. The Bertz CT molecular complexity index is 252. The summed E-state index contributed by atoms with van der Waals surface area (Å²) in [5, 5.41) is 12.2. The second kappa shape index (κ2) is 2.48. The Morgan fingerprint density at radius 3 is 2.46 bits per heavy atom. The number of hydrogen-bond acceptors (Lipinski definition) is 2. The lowest BCUT2D eigenvalue weighted by Gasteiger charge is -2.11. The smallest absolute Gasteiger partial charge is 0.0926 e. The maximum absolute atomic E-state index is 8.71. The number of rotatable bonds is 2. The van der Waals surface area contributed by atoms with Gasteiger partial charge in [0.05, 0.1) is 12.1 Å². The fourth-order valence-corrected chi connectivity index (χ4v) is 3.87. The van der Waals surface area contributed by atoms with Gasteiger partial charge in [0.2, 0.25) is 0 Å². The second-order valence-electron chi connectivity index (χ2n) is 5.03. The van der Waals surface area contributed by atoms with Gasteiger partial charge in [-0.25, -0.2) is 0 Å². The van der Waals surface area contributed by atoms with E-state index in [0.717, 1.165) is 23.7 Å². The average molecular weight is 176 g/mol. The average Bonchev–Trinajstić information content (AvgIpc) is 2.60. The summed E-state index contributed by atoms with van der Waals surface area (Å²) in [6.45, 7) is 1.97. The molecule has 0 radical (unpaired) electrons. The molecular formula is C11H16N2. The van der Waals surface area contributed by atoms with Crippen molar-refractivity contribution >= 4 is 0 Å². The van der Waals surface area contributed by atoms with E-state index in [4.69, 9.17) is 5.26 Å². The quantitative estimate of drug-likeness (QED) is 0.692. The number of nitrogens with zero attached hydrogens (tertiary/aromatic N) is 1. The number of nitrogens with one attached hydrogen (secondary N) is 1. The van der Waals surface area contributed by atoms with Crippen molar-refractivity contribution < 1.29 is 0 Å². The zero-order valence-corrected chi connectivity index (χ0v) is 8.03. The van der Waals surface area contributed by atoms with Crippen molar-refractivity contribution in [1.82, 2.24) is 5.32 Å². The van der Waals surface area contributed by atoms with Crippen LogP contribution < -0.4 is 5.32 Å². The minimum absolute atomic E-state index is 0.0509. The molecule has 0 aromatic carbocycles. The van der Waals surface area contributed by atoms with Crippen molar-refractivity contribution in [3.63, 3.8) is 0 Å². The van der Waals surface area contributed by atoms with Gasteiger partial charge < -0.3 is 0 Å². The largest absolute Gasteiger partial charge is 0.299 e. The van der Waals surface area contributed by atoms with Gasteiger partial charge in [-0.15, -0.1) is 0 Å². The lowest BCUT2D eigenvalue weighted by atomic mass is 10.0. The van der Waals surface area contributed by atoms with E-state index >= 15 is 0 Å². The molecule has 70 valence electrons. The predicted octanol–water partition coefficient (Wildman–Crippen LogP) is 1.53. The van der Waals surface area contributed by atoms with Crippen LogP contribution in [0.25, 0.3) is 0 Å². The molecule has 13 heavy (non-hydrogen) atoms. The molecule has 3 rings (SSSR count). The number of hydrogen-bond donors (Lipinski definition) is 1. The van der Waals surface area contributed by atoms with Crippen molar-refractivity contribution in [3.05, 3.63) is 0 Å². The molecule has 0 aromatic heterocycles.